The number of carbonyl (C=O) groups excluding carboxylic acids is 4. The van der Waals surface area contributed by atoms with E-state index in [9.17, 15) is 19.2 Å². The zero-order chi connectivity index (χ0) is 36.4. The van der Waals surface area contributed by atoms with Gasteiger partial charge in [-0.25, -0.2) is 9.59 Å². The molecule has 3 N–H and O–H groups in total. The number of primary amides is 1. The fourth-order valence-corrected chi connectivity index (χ4v) is 10.7. The van der Waals surface area contributed by atoms with Gasteiger partial charge in [0.15, 0.2) is 0 Å². The number of hydrogen-bond donors (Lipinski definition) is 2. The van der Waals surface area contributed by atoms with Gasteiger partial charge in [-0.3, -0.25) is 14.5 Å². The largest absolute Gasteiger partial charge is 0.464 e. The van der Waals surface area contributed by atoms with Crippen molar-refractivity contribution in [1.82, 2.24) is 10.2 Å². The summed E-state index contributed by atoms with van der Waals surface area (Å²) in [5, 5.41) is 2.99. The highest BCUT2D eigenvalue weighted by Gasteiger charge is 2.53. The second kappa shape index (κ2) is 15.7. The minimum Gasteiger partial charge on any atom is -0.464 e. The Morgan fingerprint density at radius 3 is 2.49 bits per heavy atom. The molecule has 7 rings (SSSR count). The molecule has 0 spiro atoms. The number of nitrogens with one attached hydrogen (secondary N) is 1. The van der Waals surface area contributed by atoms with Crippen molar-refractivity contribution >= 4 is 81.2 Å². The molecule has 5 fully saturated rings. The summed E-state index contributed by atoms with van der Waals surface area (Å²) in [5.41, 5.74) is 6.22. The predicted octanol–water partition coefficient (Wildman–Crippen LogP) is 7.54. The van der Waals surface area contributed by atoms with Gasteiger partial charge in [-0.15, -0.1) is 11.3 Å². The second-order valence-electron chi connectivity index (χ2n) is 14.8. The molecule has 0 unspecified atom stereocenters. The molecule has 1 atom stereocenters. The number of halogens is 1. The number of thiocarbonyl (C=S) groups is 1. The molecular formula is C38H42ClN3O6S3. The minimum absolute atomic E-state index is 0.00305. The first kappa shape index (κ1) is 37.4. The van der Waals surface area contributed by atoms with Gasteiger partial charge in [0.2, 0.25) is 5.91 Å². The van der Waals surface area contributed by atoms with E-state index >= 15 is 0 Å². The molecule has 4 aliphatic carbocycles. The minimum atomic E-state index is -1.27. The monoisotopic (exact) mass is 767 g/mol. The number of nitrogens with two attached hydrogens (primary N) is 1. The van der Waals surface area contributed by atoms with Gasteiger partial charge in [0.05, 0.1) is 17.9 Å². The molecule has 4 bridgehead atoms. The van der Waals surface area contributed by atoms with Crippen LogP contribution in [0.5, 0.6) is 0 Å². The van der Waals surface area contributed by atoms with Crippen LogP contribution in [0, 0.1) is 35.5 Å². The van der Waals surface area contributed by atoms with Crippen LogP contribution in [0.1, 0.15) is 82.6 Å². The third kappa shape index (κ3) is 9.17. The zero-order valence-corrected chi connectivity index (χ0v) is 32.1. The lowest BCUT2D eigenvalue weighted by molar-refractivity contribution is -0.147. The summed E-state index contributed by atoms with van der Waals surface area (Å²) in [6.45, 7) is 5.07. The molecule has 3 amide bonds. The van der Waals surface area contributed by atoms with E-state index in [4.69, 9.17) is 39.0 Å². The first-order chi connectivity index (χ1) is 24.2. The molecule has 0 radical (unpaired) electrons. The first-order valence-corrected chi connectivity index (χ1v) is 19.8. The quantitative estimate of drug-likeness (QED) is 0.0835. The summed E-state index contributed by atoms with van der Waals surface area (Å²) in [6.07, 6.45) is 7.65. The SMILES string of the molecule is CC(C)(C)OC(=O)N[C@@H](CC(N)=O)C(=O)OCCCC#Cc1cc(-c2cccc(Cl)c2)sc1C=C1SC(=S)N(C2C3CC4CC(C3)CC2C4)C1=O. The summed E-state index contributed by atoms with van der Waals surface area (Å²) in [6, 6.07) is 8.56. The molecule has 270 valence electrons. The third-order valence-corrected chi connectivity index (χ3v) is 12.4. The number of unbranched alkanes of at least 4 members (excludes halogenated alkanes) is 1. The maximum absolute atomic E-state index is 14.0. The van der Waals surface area contributed by atoms with E-state index in [0.717, 1.165) is 32.7 Å². The van der Waals surface area contributed by atoms with Gasteiger partial charge >= 0.3 is 12.1 Å². The van der Waals surface area contributed by atoms with Gasteiger partial charge in [0.25, 0.3) is 5.91 Å². The Morgan fingerprint density at radius 1 is 1.14 bits per heavy atom. The van der Waals surface area contributed by atoms with E-state index in [1.165, 1.54) is 43.9 Å². The first-order valence-electron chi connectivity index (χ1n) is 17.3. The zero-order valence-electron chi connectivity index (χ0n) is 28.9. The Morgan fingerprint density at radius 2 is 1.84 bits per heavy atom. The molecule has 9 nitrogen and oxygen atoms in total. The van der Waals surface area contributed by atoms with E-state index in [1.807, 2.05) is 41.3 Å². The summed E-state index contributed by atoms with van der Waals surface area (Å²) in [4.78, 5) is 54.7. The number of rotatable bonds is 10. The van der Waals surface area contributed by atoms with Gasteiger partial charge in [-0.05, 0) is 113 Å². The van der Waals surface area contributed by atoms with Crippen LogP contribution >= 0.6 is 46.9 Å². The number of nitrogens with zero attached hydrogens (tertiary/aromatic N) is 1. The average molecular weight is 768 g/mol. The van der Waals surface area contributed by atoms with Crippen LogP contribution in [0.15, 0.2) is 35.2 Å². The van der Waals surface area contributed by atoms with Gasteiger partial charge in [-0.1, -0.05) is 59.6 Å². The van der Waals surface area contributed by atoms with Crippen LogP contribution in [0.3, 0.4) is 0 Å². The average Bonchev–Trinajstić information content (AvgIpc) is 3.56. The summed E-state index contributed by atoms with van der Waals surface area (Å²) < 4.78 is 11.2. The highest BCUT2D eigenvalue weighted by Crippen LogP contribution is 2.56. The molecule has 51 heavy (non-hydrogen) atoms. The smallest absolute Gasteiger partial charge is 0.408 e. The number of ether oxygens (including phenoxy) is 2. The van der Waals surface area contributed by atoms with Crippen molar-refractivity contribution in [1.29, 1.82) is 0 Å². The van der Waals surface area contributed by atoms with Crippen LogP contribution < -0.4 is 11.1 Å². The highest BCUT2D eigenvalue weighted by molar-refractivity contribution is 8.26. The number of thioether (sulfide) groups is 1. The Labute approximate surface area is 317 Å². The van der Waals surface area contributed by atoms with Crippen LogP contribution in [0.25, 0.3) is 16.5 Å². The van der Waals surface area contributed by atoms with Crippen LogP contribution in [0.2, 0.25) is 5.02 Å². The standard InChI is InChI=1S/C38H42ClN3O6S3/c1-38(2,3)48-36(46)41-28(19-32(40)43)35(45)47-11-6-4-5-8-24-18-29(23-9-7-10-27(39)17-23)50-30(24)20-31-34(44)42(37(49)51-31)33-25-13-21-12-22(15-25)16-26(33)14-21/h7,9-10,17-18,20-22,25-26,28,33H,4,6,11-16,19H2,1-3H3,(H2,40,43)(H,41,46)/t21?,22?,25?,26?,28-,33?/m0/s1. The number of alkyl carbamates (subject to hydrolysis) is 1. The van der Waals surface area contributed by atoms with Gasteiger partial charge < -0.3 is 20.5 Å². The number of hydrogen-bond acceptors (Lipinski definition) is 9. The fourth-order valence-electron chi connectivity index (χ4n) is 8.00. The van der Waals surface area contributed by atoms with Gasteiger partial charge in [-0.2, -0.15) is 0 Å². The summed E-state index contributed by atoms with van der Waals surface area (Å²) >= 11 is 15.1. The lowest BCUT2D eigenvalue weighted by atomic mass is 9.54. The van der Waals surface area contributed by atoms with Crippen LogP contribution in [-0.4, -0.2) is 57.4 Å². The Hall–Kier alpha value is -3.37. The molecule has 4 saturated carbocycles. The number of amides is 3. The van der Waals surface area contributed by atoms with Crippen molar-refractivity contribution in [3.8, 4) is 22.3 Å². The van der Waals surface area contributed by atoms with Gasteiger partial charge in [0.1, 0.15) is 16.0 Å². The summed E-state index contributed by atoms with van der Waals surface area (Å²) in [7, 11) is 0. The van der Waals surface area contributed by atoms with Crippen molar-refractivity contribution in [2.45, 2.75) is 89.8 Å². The van der Waals surface area contributed by atoms with Crippen LogP contribution in [0.4, 0.5) is 4.79 Å². The maximum Gasteiger partial charge on any atom is 0.408 e. The number of esters is 1. The predicted molar refractivity (Wildman–Crippen MR) is 205 cm³/mol. The Balaban J connectivity index is 1.13. The topological polar surface area (TPSA) is 128 Å². The maximum atomic E-state index is 14.0. The van der Waals surface area contributed by atoms with Crippen molar-refractivity contribution in [3.63, 3.8) is 0 Å². The molecule has 1 saturated heterocycles. The number of carbonyl (C=O) groups is 4. The lowest BCUT2D eigenvalue weighted by Gasteiger charge is -2.56. The normalized spacial score (nSPS) is 25.1. The molecule has 2 aromatic rings. The molecule has 1 aromatic carbocycles. The molecule has 1 aromatic heterocycles. The van der Waals surface area contributed by atoms with Gasteiger partial charge in [0, 0.05) is 32.8 Å². The Bertz CT molecular complexity index is 1790. The molecule has 2 heterocycles. The van der Waals surface area contributed by atoms with Crippen molar-refractivity contribution in [2.75, 3.05) is 6.61 Å². The van der Waals surface area contributed by atoms with Crippen LogP contribution in [-0.2, 0) is 23.9 Å². The molecular weight excluding hydrogens is 726 g/mol. The molecule has 5 aliphatic rings. The third-order valence-electron chi connectivity index (χ3n) is 9.73. The summed E-state index contributed by atoms with van der Waals surface area (Å²) in [5.74, 6) is 7.56. The Kier molecular flexibility index (Phi) is 11.5. The van der Waals surface area contributed by atoms with E-state index in [0.29, 0.717) is 38.9 Å². The van der Waals surface area contributed by atoms with E-state index in [2.05, 4.69) is 17.2 Å². The van der Waals surface area contributed by atoms with Crippen molar-refractivity contribution < 1.29 is 28.7 Å². The van der Waals surface area contributed by atoms with E-state index < -0.39 is 36.0 Å². The number of thiophene rings is 1. The van der Waals surface area contributed by atoms with Crippen molar-refractivity contribution in [3.05, 3.63) is 50.7 Å². The fraction of sp³-hybridized carbons (Fsp3) is 0.500. The number of benzene rings is 1. The molecule has 13 heteroatoms. The van der Waals surface area contributed by atoms with E-state index in [1.54, 1.807) is 32.1 Å². The van der Waals surface area contributed by atoms with Crippen molar-refractivity contribution in [2.24, 2.45) is 29.4 Å². The lowest BCUT2D eigenvalue weighted by Crippen LogP contribution is -2.57. The molecule has 1 aliphatic heterocycles. The second-order valence-corrected chi connectivity index (χ2v) is 18.0. The van der Waals surface area contributed by atoms with E-state index in [-0.39, 0.29) is 18.6 Å². The highest BCUT2D eigenvalue weighted by atomic mass is 35.5.